The summed E-state index contributed by atoms with van der Waals surface area (Å²) in [7, 11) is 0. The summed E-state index contributed by atoms with van der Waals surface area (Å²) >= 11 is 0. The number of pyridine rings is 1. The number of benzene rings is 1. The molecule has 1 amide bonds. The number of rotatable bonds is 4. The Balaban J connectivity index is 1.67. The van der Waals surface area contributed by atoms with Crippen molar-refractivity contribution in [2.24, 2.45) is 0 Å². The first-order chi connectivity index (χ1) is 13.3. The number of nitrogens with zero attached hydrogens (tertiary/aromatic N) is 2. The first-order valence-corrected chi connectivity index (χ1v) is 9.34. The van der Waals surface area contributed by atoms with Crippen molar-refractivity contribution in [2.45, 2.75) is 12.8 Å². The van der Waals surface area contributed by atoms with Crippen molar-refractivity contribution >= 4 is 17.7 Å². The second kappa shape index (κ2) is 8.18. The lowest BCUT2D eigenvalue weighted by Gasteiger charge is -2.31. The van der Waals surface area contributed by atoms with Crippen LogP contribution >= 0.6 is 0 Å². The lowest BCUT2D eigenvalue weighted by Crippen LogP contribution is -2.36. The standard InChI is InChI=1S/C22H23N3O2/c26-22(24-19-6-2-1-3-7-19)20-9-8-18(15-17-5-4-10-23-16-17)21(20)25-11-13-27-14-12-25/h1-7,10,15-16H,8-9,11-14H2,(H,24,26). The molecular weight excluding hydrogens is 338 g/mol. The second-order valence-electron chi connectivity index (χ2n) is 6.70. The summed E-state index contributed by atoms with van der Waals surface area (Å²) < 4.78 is 5.51. The van der Waals surface area contributed by atoms with Crippen LogP contribution in [-0.4, -0.2) is 42.1 Å². The topological polar surface area (TPSA) is 54.5 Å². The van der Waals surface area contributed by atoms with E-state index < -0.39 is 0 Å². The molecule has 1 saturated heterocycles. The van der Waals surface area contributed by atoms with E-state index in [0.717, 1.165) is 48.5 Å². The minimum absolute atomic E-state index is 0.0164. The van der Waals surface area contributed by atoms with Crippen LogP contribution in [0.1, 0.15) is 18.4 Å². The minimum atomic E-state index is -0.0164. The van der Waals surface area contributed by atoms with Gasteiger partial charge in [-0.25, -0.2) is 0 Å². The van der Waals surface area contributed by atoms with Crippen LogP contribution in [0, 0.1) is 0 Å². The van der Waals surface area contributed by atoms with E-state index in [2.05, 4.69) is 21.3 Å². The molecule has 138 valence electrons. The summed E-state index contributed by atoms with van der Waals surface area (Å²) in [4.78, 5) is 19.5. The van der Waals surface area contributed by atoms with Crippen molar-refractivity contribution in [1.29, 1.82) is 0 Å². The number of para-hydroxylation sites is 1. The molecule has 0 saturated carbocycles. The average molecular weight is 361 g/mol. The zero-order valence-electron chi connectivity index (χ0n) is 15.2. The SMILES string of the molecule is O=C(Nc1ccccc1)C1=C(N2CCOCC2)C(=Cc2cccnc2)CC1. The summed E-state index contributed by atoms with van der Waals surface area (Å²) in [5.74, 6) is -0.0164. The van der Waals surface area contributed by atoms with Gasteiger partial charge in [-0.05, 0) is 48.3 Å². The molecule has 2 aliphatic rings. The molecule has 0 radical (unpaired) electrons. The van der Waals surface area contributed by atoms with Gasteiger partial charge in [-0.15, -0.1) is 0 Å². The number of nitrogens with one attached hydrogen (secondary N) is 1. The van der Waals surface area contributed by atoms with E-state index in [0.29, 0.717) is 13.2 Å². The van der Waals surface area contributed by atoms with E-state index >= 15 is 0 Å². The fourth-order valence-electron chi connectivity index (χ4n) is 3.62. The van der Waals surface area contributed by atoms with Crippen molar-refractivity contribution in [3.8, 4) is 0 Å². The van der Waals surface area contributed by atoms with Crippen LogP contribution in [0.25, 0.3) is 6.08 Å². The highest BCUT2D eigenvalue weighted by atomic mass is 16.5. The predicted molar refractivity (Wildman–Crippen MR) is 106 cm³/mol. The molecule has 1 aromatic carbocycles. The van der Waals surface area contributed by atoms with Crippen LogP contribution in [0.15, 0.2) is 71.7 Å². The highest BCUT2D eigenvalue weighted by Gasteiger charge is 2.29. The molecule has 0 unspecified atom stereocenters. The van der Waals surface area contributed by atoms with Crippen molar-refractivity contribution < 1.29 is 9.53 Å². The summed E-state index contributed by atoms with van der Waals surface area (Å²) in [6, 6.07) is 13.6. The highest BCUT2D eigenvalue weighted by Crippen LogP contribution is 2.36. The molecule has 1 N–H and O–H groups in total. The first-order valence-electron chi connectivity index (χ1n) is 9.34. The van der Waals surface area contributed by atoms with Gasteiger partial charge in [-0.3, -0.25) is 9.78 Å². The Labute approximate surface area is 159 Å². The number of ether oxygens (including phenoxy) is 1. The van der Waals surface area contributed by atoms with Crippen molar-refractivity contribution in [1.82, 2.24) is 9.88 Å². The largest absolute Gasteiger partial charge is 0.378 e. The van der Waals surface area contributed by atoms with Crippen molar-refractivity contribution in [3.05, 3.63) is 77.3 Å². The van der Waals surface area contributed by atoms with E-state index in [-0.39, 0.29) is 5.91 Å². The third kappa shape index (κ3) is 4.09. The normalized spacial score (nSPS) is 18.8. The number of anilines is 1. The van der Waals surface area contributed by atoms with E-state index in [1.165, 1.54) is 5.57 Å². The Morgan fingerprint density at radius 3 is 2.63 bits per heavy atom. The second-order valence-corrected chi connectivity index (χ2v) is 6.70. The maximum atomic E-state index is 13.0. The molecule has 4 rings (SSSR count). The van der Waals surface area contributed by atoms with Gasteiger partial charge < -0.3 is 15.0 Å². The highest BCUT2D eigenvalue weighted by molar-refractivity contribution is 6.05. The third-order valence-corrected chi connectivity index (χ3v) is 4.89. The minimum Gasteiger partial charge on any atom is -0.378 e. The van der Waals surface area contributed by atoms with Gasteiger partial charge >= 0.3 is 0 Å². The van der Waals surface area contributed by atoms with Gasteiger partial charge in [0.15, 0.2) is 0 Å². The number of amides is 1. The number of morpholine rings is 1. The van der Waals surface area contributed by atoms with Gasteiger partial charge in [-0.2, -0.15) is 0 Å². The van der Waals surface area contributed by atoms with Crippen LogP contribution in [0.3, 0.4) is 0 Å². The molecule has 0 atom stereocenters. The van der Waals surface area contributed by atoms with Gasteiger partial charge in [0.05, 0.1) is 13.2 Å². The molecule has 0 bridgehead atoms. The van der Waals surface area contributed by atoms with Crippen molar-refractivity contribution in [3.63, 3.8) is 0 Å². The fourth-order valence-corrected chi connectivity index (χ4v) is 3.62. The molecule has 1 aromatic heterocycles. The molecular formula is C22H23N3O2. The van der Waals surface area contributed by atoms with Gasteiger partial charge in [-0.1, -0.05) is 24.3 Å². The Morgan fingerprint density at radius 1 is 1.07 bits per heavy atom. The van der Waals surface area contributed by atoms with Crippen LogP contribution in [0.2, 0.25) is 0 Å². The lowest BCUT2D eigenvalue weighted by molar-refractivity contribution is -0.113. The summed E-state index contributed by atoms with van der Waals surface area (Å²) in [5, 5.41) is 3.04. The maximum Gasteiger partial charge on any atom is 0.253 e. The Kier molecular flexibility index (Phi) is 5.30. The monoisotopic (exact) mass is 361 g/mol. The zero-order chi connectivity index (χ0) is 18.5. The maximum absolute atomic E-state index is 13.0. The summed E-state index contributed by atoms with van der Waals surface area (Å²) in [6.07, 6.45) is 7.39. The zero-order valence-corrected chi connectivity index (χ0v) is 15.2. The molecule has 1 aliphatic heterocycles. The Morgan fingerprint density at radius 2 is 1.89 bits per heavy atom. The van der Waals surface area contributed by atoms with E-state index in [1.807, 2.05) is 48.7 Å². The number of hydrogen-bond acceptors (Lipinski definition) is 4. The molecule has 2 aromatic rings. The number of carbonyl (C=O) groups is 1. The predicted octanol–water partition coefficient (Wildman–Crippen LogP) is 3.48. The smallest absolute Gasteiger partial charge is 0.253 e. The van der Waals surface area contributed by atoms with Gasteiger partial charge in [0.25, 0.3) is 5.91 Å². The number of carbonyl (C=O) groups excluding carboxylic acids is 1. The number of allylic oxidation sites excluding steroid dienone is 1. The van der Waals surface area contributed by atoms with Gasteiger partial charge in [0.2, 0.25) is 0 Å². The van der Waals surface area contributed by atoms with Crippen LogP contribution in [-0.2, 0) is 9.53 Å². The van der Waals surface area contributed by atoms with Gasteiger partial charge in [0.1, 0.15) is 0 Å². The molecule has 1 aliphatic carbocycles. The Bertz CT molecular complexity index is 854. The van der Waals surface area contributed by atoms with Crippen LogP contribution in [0.4, 0.5) is 5.69 Å². The summed E-state index contributed by atoms with van der Waals surface area (Å²) in [6.45, 7) is 3.00. The quantitative estimate of drug-likeness (QED) is 0.906. The van der Waals surface area contributed by atoms with Crippen molar-refractivity contribution in [2.75, 3.05) is 31.6 Å². The molecule has 2 heterocycles. The van der Waals surface area contributed by atoms with Crippen LogP contribution < -0.4 is 5.32 Å². The molecule has 0 spiro atoms. The lowest BCUT2D eigenvalue weighted by atomic mass is 10.1. The first kappa shape index (κ1) is 17.5. The Hall–Kier alpha value is -2.92. The number of hydrogen-bond donors (Lipinski definition) is 1. The summed E-state index contributed by atoms with van der Waals surface area (Å²) in [5.41, 5.74) is 5.00. The van der Waals surface area contributed by atoms with Crippen LogP contribution in [0.5, 0.6) is 0 Å². The third-order valence-electron chi connectivity index (χ3n) is 4.89. The molecule has 5 nitrogen and oxygen atoms in total. The molecule has 1 fully saturated rings. The molecule has 27 heavy (non-hydrogen) atoms. The number of aromatic nitrogens is 1. The average Bonchev–Trinajstić information content (AvgIpc) is 3.14. The van der Waals surface area contributed by atoms with E-state index in [9.17, 15) is 4.79 Å². The van der Waals surface area contributed by atoms with E-state index in [1.54, 1.807) is 6.20 Å². The fraction of sp³-hybridized carbons (Fsp3) is 0.273. The van der Waals surface area contributed by atoms with Gasteiger partial charge in [0, 0.05) is 42.4 Å². The molecule has 5 heteroatoms. The van der Waals surface area contributed by atoms with E-state index in [4.69, 9.17) is 4.74 Å².